The highest BCUT2D eigenvalue weighted by Gasteiger charge is 2.45. The first-order chi connectivity index (χ1) is 22.0. The number of amides is 2. The van der Waals surface area contributed by atoms with E-state index < -0.39 is 74.6 Å². The number of hydrogen-bond acceptors (Lipinski definition) is 16. The molecule has 2 fully saturated rings. The Balaban J connectivity index is 1.13. The van der Waals surface area contributed by atoms with E-state index in [0.29, 0.717) is 11.4 Å². The van der Waals surface area contributed by atoms with Gasteiger partial charge in [0.2, 0.25) is 24.4 Å². The van der Waals surface area contributed by atoms with Crippen LogP contribution in [-0.4, -0.2) is 139 Å². The molecule has 18 heteroatoms. The molecule has 0 bridgehead atoms. The summed E-state index contributed by atoms with van der Waals surface area (Å²) in [7, 11) is 2.34. The minimum Gasteiger partial charge on any atom is -0.462 e. The van der Waals surface area contributed by atoms with Crippen LogP contribution in [0.5, 0.6) is 11.5 Å². The van der Waals surface area contributed by atoms with Crippen LogP contribution in [0.15, 0.2) is 48.5 Å². The Labute approximate surface area is 270 Å². The second kappa shape index (κ2) is 16.9. The number of anilines is 2. The zero-order valence-electron chi connectivity index (χ0n) is 24.1. The number of ether oxygens (including phenoxy) is 4. The second-order valence-corrected chi connectivity index (χ2v) is 12.8. The van der Waals surface area contributed by atoms with Crippen molar-refractivity contribution in [3.05, 3.63) is 48.5 Å². The summed E-state index contributed by atoms with van der Waals surface area (Å²) in [5.41, 5.74) is 0.905. The fourth-order valence-electron chi connectivity index (χ4n) is 4.42. The number of aliphatic hydroxyl groups is 8. The topological polar surface area (TPSA) is 257 Å². The number of rotatable bonds is 13. The predicted octanol–water partition coefficient (Wildman–Crippen LogP) is -2.00. The van der Waals surface area contributed by atoms with E-state index in [4.69, 9.17) is 18.9 Å². The van der Waals surface area contributed by atoms with Crippen molar-refractivity contribution in [3.63, 3.8) is 0 Å². The molecule has 2 saturated heterocycles. The first-order valence-corrected chi connectivity index (χ1v) is 16.5. The molecule has 16 nitrogen and oxygen atoms in total. The van der Waals surface area contributed by atoms with Crippen molar-refractivity contribution in [3.8, 4) is 11.5 Å². The van der Waals surface area contributed by atoms with Gasteiger partial charge in [0.25, 0.3) is 0 Å². The molecule has 2 aromatic rings. The van der Waals surface area contributed by atoms with Crippen LogP contribution < -0.4 is 20.1 Å². The van der Waals surface area contributed by atoms with Crippen LogP contribution in [0.1, 0.15) is 0 Å². The van der Waals surface area contributed by atoms with Gasteiger partial charge in [0.05, 0.1) is 24.7 Å². The summed E-state index contributed by atoms with van der Waals surface area (Å²) in [5.74, 6) is -0.0645. The molecule has 0 aliphatic carbocycles. The molecule has 0 unspecified atom stereocenters. The third-order valence-corrected chi connectivity index (χ3v) is 9.07. The van der Waals surface area contributed by atoms with Crippen LogP contribution in [0.2, 0.25) is 0 Å². The third kappa shape index (κ3) is 9.43. The fraction of sp³-hybridized carbons (Fsp3) is 0.500. The largest absolute Gasteiger partial charge is 0.462 e. The molecule has 2 heterocycles. The number of benzene rings is 2. The number of nitrogens with one attached hydrogen (secondary N) is 2. The first-order valence-electron chi connectivity index (χ1n) is 14.0. The van der Waals surface area contributed by atoms with Gasteiger partial charge in [-0.3, -0.25) is 9.59 Å². The van der Waals surface area contributed by atoms with Crippen LogP contribution in [0.4, 0.5) is 11.4 Å². The lowest BCUT2D eigenvalue weighted by Gasteiger charge is -2.39. The van der Waals surface area contributed by atoms with Crippen molar-refractivity contribution < 1.29 is 69.4 Å². The van der Waals surface area contributed by atoms with E-state index in [-0.39, 0.29) is 34.8 Å². The van der Waals surface area contributed by atoms with E-state index in [2.05, 4.69) is 10.6 Å². The summed E-state index contributed by atoms with van der Waals surface area (Å²) < 4.78 is 21.7. The molecule has 2 aromatic carbocycles. The van der Waals surface area contributed by atoms with Crippen LogP contribution in [0.25, 0.3) is 0 Å². The van der Waals surface area contributed by atoms with Gasteiger partial charge in [0, 0.05) is 11.4 Å². The lowest BCUT2D eigenvalue weighted by atomic mass is 9.99. The highest BCUT2D eigenvalue weighted by molar-refractivity contribution is 8.77. The standard InChI is InChI=1S/C28H36N2O14S2/c31-9-17-21(35)23(37)25(39)27(43-17)41-15-5-1-13(2-6-15)29-19(33)11-45-46-12-20(34)30-14-3-7-16(8-4-14)42-28-26(40)24(38)22(36)18(10-32)44-28/h1-8,17-18,21-28,31-32,35-40H,9-12H2,(H,29,33)(H,30,34)/t17-,18-,21+,22+,23+,24+,25-,26-,27+,28+/m1/s1. The first kappa shape index (κ1) is 36.1. The SMILES string of the molecule is O=C(CSSCC(=O)Nc1ccc(O[C@H]2O[C@H](CO)[C@H](O)[C@H](O)[C@H]2O)cc1)Nc1ccc(O[C@H]2O[C@H](CO)[C@H](O)[C@H](O)[C@H]2O)cc1. The maximum atomic E-state index is 12.3. The van der Waals surface area contributed by atoms with Crippen molar-refractivity contribution in [1.82, 2.24) is 0 Å². The Kier molecular flexibility index (Phi) is 13.3. The lowest BCUT2D eigenvalue weighted by Crippen LogP contribution is -2.60. The summed E-state index contributed by atoms with van der Waals surface area (Å²) in [4.78, 5) is 24.6. The van der Waals surface area contributed by atoms with Gasteiger partial charge in [-0.1, -0.05) is 21.6 Å². The number of aliphatic hydroxyl groups excluding tert-OH is 8. The number of hydrogen-bond donors (Lipinski definition) is 10. The second-order valence-electron chi connectivity index (χ2n) is 10.3. The molecule has 46 heavy (non-hydrogen) atoms. The Morgan fingerprint density at radius 3 is 1.26 bits per heavy atom. The average Bonchev–Trinajstić information content (AvgIpc) is 3.05. The summed E-state index contributed by atoms with van der Waals surface area (Å²) >= 11 is 0. The highest BCUT2D eigenvalue weighted by Crippen LogP contribution is 2.27. The number of carbonyl (C=O) groups excluding carboxylic acids is 2. The van der Waals surface area contributed by atoms with E-state index in [1.54, 1.807) is 24.3 Å². The molecule has 0 radical (unpaired) electrons. The van der Waals surface area contributed by atoms with Gasteiger partial charge in [0.1, 0.15) is 60.3 Å². The van der Waals surface area contributed by atoms with Crippen LogP contribution in [0.3, 0.4) is 0 Å². The van der Waals surface area contributed by atoms with Crippen molar-refractivity contribution in [2.75, 3.05) is 35.4 Å². The summed E-state index contributed by atoms with van der Waals surface area (Å²) in [6.07, 6.45) is -14.1. The molecule has 2 aliphatic rings. The molecule has 2 aliphatic heterocycles. The molecular weight excluding hydrogens is 652 g/mol. The lowest BCUT2D eigenvalue weighted by molar-refractivity contribution is -0.277. The molecule has 0 saturated carbocycles. The van der Waals surface area contributed by atoms with E-state index in [9.17, 15) is 50.4 Å². The van der Waals surface area contributed by atoms with E-state index >= 15 is 0 Å². The van der Waals surface area contributed by atoms with E-state index in [0.717, 1.165) is 0 Å². The Morgan fingerprint density at radius 2 is 0.935 bits per heavy atom. The summed E-state index contributed by atoms with van der Waals surface area (Å²) in [6.45, 7) is -1.17. The molecule has 4 rings (SSSR count). The molecular formula is C28H36N2O14S2. The van der Waals surface area contributed by atoms with Gasteiger partial charge in [-0.05, 0) is 48.5 Å². The Hall–Kier alpha value is -2.72. The van der Waals surface area contributed by atoms with Crippen molar-refractivity contribution in [1.29, 1.82) is 0 Å². The normalized spacial score (nSPS) is 31.1. The Morgan fingerprint density at radius 1 is 0.587 bits per heavy atom. The molecule has 0 aromatic heterocycles. The van der Waals surface area contributed by atoms with Crippen molar-refractivity contribution in [2.45, 2.75) is 61.4 Å². The monoisotopic (exact) mass is 688 g/mol. The highest BCUT2D eigenvalue weighted by atomic mass is 33.1. The fourth-order valence-corrected chi connectivity index (χ4v) is 6.08. The van der Waals surface area contributed by atoms with Gasteiger partial charge in [-0.25, -0.2) is 0 Å². The molecule has 0 spiro atoms. The molecule has 254 valence electrons. The zero-order chi connectivity index (χ0) is 33.4. The van der Waals surface area contributed by atoms with Crippen molar-refractivity contribution >= 4 is 44.8 Å². The van der Waals surface area contributed by atoms with Gasteiger partial charge < -0.3 is 70.4 Å². The number of carbonyl (C=O) groups is 2. The van der Waals surface area contributed by atoms with Gasteiger partial charge >= 0.3 is 0 Å². The molecule has 10 N–H and O–H groups in total. The van der Waals surface area contributed by atoms with Crippen molar-refractivity contribution in [2.24, 2.45) is 0 Å². The Bertz CT molecular complexity index is 1170. The van der Waals surface area contributed by atoms with E-state index in [1.807, 2.05) is 0 Å². The third-order valence-electron chi connectivity index (χ3n) is 6.94. The van der Waals surface area contributed by atoms with E-state index in [1.165, 1.54) is 45.9 Å². The summed E-state index contributed by atoms with van der Waals surface area (Å²) in [5, 5.41) is 83.7. The maximum Gasteiger partial charge on any atom is 0.235 e. The van der Waals surface area contributed by atoms with Gasteiger partial charge in [-0.15, -0.1) is 0 Å². The quantitative estimate of drug-likeness (QED) is 0.0807. The minimum absolute atomic E-state index is 0.0467. The predicted molar refractivity (Wildman–Crippen MR) is 164 cm³/mol. The van der Waals surface area contributed by atoms with Gasteiger partial charge in [0.15, 0.2) is 0 Å². The smallest absolute Gasteiger partial charge is 0.235 e. The zero-order valence-corrected chi connectivity index (χ0v) is 25.7. The summed E-state index contributed by atoms with van der Waals surface area (Å²) in [6, 6.07) is 12.2. The van der Waals surface area contributed by atoms with Crippen LogP contribution >= 0.6 is 21.6 Å². The van der Waals surface area contributed by atoms with Crippen LogP contribution in [-0.2, 0) is 19.1 Å². The molecule has 2 amide bonds. The average molecular weight is 689 g/mol. The van der Waals surface area contributed by atoms with Crippen LogP contribution in [0, 0.1) is 0 Å². The molecule has 10 atom stereocenters. The minimum atomic E-state index is -1.57. The van der Waals surface area contributed by atoms with Gasteiger partial charge in [-0.2, -0.15) is 0 Å². The maximum absolute atomic E-state index is 12.3.